The first-order chi connectivity index (χ1) is 5.70. The number of carbonyl (C=O) groups excluding carboxylic acids is 1. The molecule has 0 saturated carbocycles. The van der Waals surface area contributed by atoms with Gasteiger partial charge in [0.2, 0.25) is 0 Å². The molecule has 0 radical (unpaired) electrons. The van der Waals surface area contributed by atoms with E-state index in [1.54, 1.807) is 0 Å². The lowest BCUT2D eigenvalue weighted by Crippen LogP contribution is -2.32. The summed E-state index contributed by atoms with van der Waals surface area (Å²) in [6, 6.07) is 0. The van der Waals surface area contributed by atoms with E-state index in [-0.39, 0.29) is 29.1 Å². The van der Waals surface area contributed by atoms with E-state index in [0.717, 1.165) is 0 Å². The summed E-state index contributed by atoms with van der Waals surface area (Å²) in [5.41, 5.74) is 0. The van der Waals surface area contributed by atoms with Gasteiger partial charge < -0.3 is 4.74 Å². The van der Waals surface area contributed by atoms with Crippen LogP contribution >= 0.6 is 11.6 Å². The lowest BCUT2D eigenvalue weighted by molar-refractivity contribution is -0.141. The molecule has 0 spiro atoms. The summed E-state index contributed by atoms with van der Waals surface area (Å²) in [6.07, 6.45) is 4.12. The maximum absolute atomic E-state index is 11.2. The van der Waals surface area contributed by atoms with Gasteiger partial charge in [-0.1, -0.05) is 19.1 Å². The Morgan fingerprint density at radius 3 is 3.08 bits per heavy atom. The van der Waals surface area contributed by atoms with E-state index in [1.807, 2.05) is 6.92 Å². The molecule has 0 aromatic carbocycles. The lowest BCUT2D eigenvalue weighted by Gasteiger charge is -2.26. The standard InChI is InChI=1S/C9H11ClO2/c1-5-2-3-6-4-12-9(11)7(6)8(5)10/h2-3,5-8H,4H2,1H3/t5-,6-,7+,8-/m1/s1. The van der Waals surface area contributed by atoms with Gasteiger partial charge in [0.25, 0.3) is 0 Å². The van der Waals surface area contributed by atoms with Crippen molar-refractivity contribution in [2.24, 2.45) is 17.8 Å². The van der Waals surface area contributed by atoms with Gasteiger partial charge in [0.1, 0.15) is 0 Å². The van der Waals surface area contributed by atoms with Crippen LogP contribution in [0.2, 0.25) is 0 Å². The van der Waals surface area contributed by atoms with Crippen molar-refractivity contribution in [2.45, 2.75) is 12.3 Å². The second-order valence-electron chi connectivity index (χ2n) is 3.51. The molecule has 0 unspecified atom stereocenters. The normalized spacial score (nSPS) is 45.7. The van der Waals surface area contributed by atoms with Crippen molar-refractivity contribution in [1.82, 2.24) is 0 Å². The quantitative estimate of drug-likeness (QED) is 0.326. The van der Waals surface area contributed by atoms with Crippen molar-refractivity contribution in [1.29, 1.82) is 0 Å². The van der Waals surface area contributed by atoms with Crippen LogP contribution in [0.1, 0.15) is 6.92 Å². The topological polar surface area (TPSA) is 26.3 Å². The summed E-state index contributed by atoms with van der Waals surface area (Å²) in [7, 11) is 0. The van der Waals surface area contributed by atoms with E-state index in [2.05, 4.69) is 12.2 Å². The first-order valence-electron chi connectivity index (χ1n) is 4.19. The SMILES string of the molecule is C[C@@H]1C=C[C@@H]2COC(=O)[C@@H]2[C@@H]1Cl. The van der Waals surface area contributed by atoms with Crippen molar-refractivity contribution in [3.05, 3.63) is 12.2 Å². The van der Waals surface area contributed by atoms with Crippen molar-refractivity contribution in [2.75, 3.05) is 6.61 Å². The Morgan fingerprint density at radius 1 is 1.58 bits per heavy atom. The third-order valence-electron chi connectivity index (χ3n) is 2.66. The molecule has 4 atom stereocenters. The van der Waals surface area contributed by atoms with Gasteiger partial charge in [-0.05, 0) is 5.92 Å². The number of halogens is 1. The number of ether oxygens (including phenoxy) is 1. The van der Waals surface area contributed by atoms with Gasteiger partial charge in [0, 0.05) is 5.92 Å². The molecule has 12 heavy (non-hydrogen) atoms. The third kappa shape index (κ3) is 1.06. The van der Waals surface area contributed by atoms with Gasteiger partial charge in [-0.15, -0.1) is 11.6 Å². The molecule has 2 rings (SSSR count). The predicted octanol–water partition coefficient (Wildman–Crippen LogP) is 1.59. The molecule has 0 N–H and O–H groups in total. The number of carbonyl (C=O) groups is 1. The van der Waals surface area contributed by atoms with Crippen molar-refractivity contribution in [3.8, 4) is 0 Å². The van der Waals surface area contributed by atoms with E-state index in [0.29, 0.717) is 6.61 Å². The molecule has 0 aromatic heterocycles. The van der Waals surface area contributed by atoms with Crippen LogP contribution in [0.15, 0.2) is 12.2 Å². The maximum atomic E-state index is 11.2. The molecule has 1 heterocycles. The average Bonchev–Trinajstić information content (AvgIpc) is 2.41. The van der Waals surface area contributed by atoms with Gasteiger partial charge in [-0.25, -0.2) is 0 Å². The van der Waals surface area contributed by atoms with Gasteiger partial charge in [0.05, 0.1) is 17.9 Å². The van der Waals surface area contributed by atoms with E-state index < -0.39 is 0 Å². The van der Waals surface area contributed by atoms with Crippen molar-refractivity contribution in [3.63, 3.8) is 0 Å². The largest absolute Gasteiger partial charge is 0.465 e. The van der Waals surface area contributed by atoms with E-state index >= 15 is 0 Å². The summed E-state index contributed by atoms with van der Waals surface area (Å²) in [6.45, 7) is 2.53. The minimum atomic E-state index is -0.129. The Bertz CT molecular complexity index is 237. The minimum Gasteiger partial charge on any atom is -0.465 e. The summed E-state index contributed by atoms with van der Waals surface area (Å²) < 4.78 is 4.94. The second kappa shape index (κ2) is 2.77. The molecule has 0 bridgehead atoms. The zero-order valence-electron chi connectivity index (χ0n) is 6.87. The summed E-state index contributed by atoms with van der Waals surface area (Å²) >= 11 is 6.11. The first kappa shape index (κ1) is 8.11. The molecule has 2 nitrogen and oxygen atoms in total. The highest BCUT2D eigenvalue weighted by Gasteiger charge is 2.44. The van der Waals surface area contributed by atoms with Crippen LogP contribution in [0.25, 0.3) is 0 Å². The highest BCUT2D eigenvalue weighted by atomic mass is 35.5. The number of esters is 1. The number of cyclic esters (lactones) is 1. The van der Waals surface area contributed by atoms with Gasteiger partial charge >= 0.3 is 5.97 Å². The molecular weight excluding hydrogens is 176 g/mol. The van der Waals surface area contributed by atoms with Crippen LogP contribution < -0.4 is 0 Å². The summed E-state index contributed by atoms with van der Waals surface area (Å²) in [5.74, 6) is 0.262. The molecule has 1 aliphatic carbocycles. The third-order valence-corrected chi connectivity index (χ3v) is 3.33. The molecule has 0 amide bonds. The number of hydrogen-bond acceptors (Lipinski definition) is 2. The molecule has 3 heteroatoms. The fourth-order valence-electron chi connectivity index (χ4n) is 1.85. The van der Waals surface area contributed by atoms with Crippen LogP contribution in [0.3, 0.4) is 0 Å². The molecule has 1 saturated heterocycles. The molecule has 0 aromatic rings. The summed E-state index contributed by atoms with van der Waals surface area (Å²) in [4.78, 5) is 11.2. The van der Waals surface area contributed by atoms with Crippen LogP contribution in [-0.4, -0.2) is 18.0 Å². The second-order valence-corrected chi connectivity index (χ2v) is 4.01. The summed E-state index contributed by atoms with van der Waals surface area (Å²) in [5, 5.41) is -0.0880. The zero-order chi connectivity index (χ0) is 8.72. The predicted molar refractivity (Wildman–Crippen MR) is 45.9 cm³/mol. The Balaban J connectivity index is 2.27. The number of allylic oxidation sites excluding steroid dienone is 1. The van der Waals surface area contributed by atoms with Gasteiger partial charge in [-0.2, -0.15) is 0 Å². The minimum absolute atomic E-state index is 0.0880. The lowest BCUT2D eigenvalue weighted by atomic mass is 9.81. The molecule has 2 aliphatic rings. The monoisotopic (exact) mass is 186 g/mol. The smallest absolute Gasteiger partial charge is 0.311 e. The van der Waals surface area contributed by atoms with Crippen LogP contribution in [0.5, 0.6) is 0 Å². The zero-order valence-corrected chi connectivity index (χ0v) is 7.62. The van der Waals surface area contributed by atoms with Crippen LogP contribution in [0, 0.1) is 17.8 Å². The van der Waals surface area contributed by atoms with Gasteiger partial charge in [0.15, 0.2) is 0 Å². The maximum Gasteiger partial charge on any atom is 0.311 e. The fraction of sp³-hybridized carbons (Fsp3) is 0.667. The van der Waals surface area contributed by atoms with E-state index in [1.165, 1.54) is 0 Å². The van der Waals surface area contributed by atoms with E-state index in [4.69, 9.17) is 16.3 Å². The number of rotatable bonds is 0. The molecule has 1 fully saturated rings. The Labute approximate surface area is 76.5 Å². The first-order valence-corrected chi connectivity index (χ1v) is 4.63. The fourth-order valence-corrected chi connectivity index (χ4v) is 2.22. The highest BCUT2D eigenvalue weighted by Crippen LogP contribution is 2.37. The molecular formula is C9H11ClO2. The molecule has 66 valence electrons. The number of hydrogen-bond donors (Lipinski definition) is 0. The van der Waals surface area contributed by atoms with Gasteiger partial charge in [-0.3, -0.25) is 4.79 Å². The number of alkyl halides is 1. The molecule has 1 aliphatic heterocycles. The Hall–Kier alpha value is -0.500. The Kier molecular flexibility index (Phi) is 1.87. The highest BCUT2D eigenvalue weighted by molar-refractivity contribution is 6.22. The van der Waals surface area contributed by atoms with Crippen LogP contribution in [-0.2, 0) is 9.53 Å². The van der Waals surface area contributed by atoms with E-state index in [9.17, 15) is 4.79 Å². The Morgan fingerprint density at radius 2 is 2.33 bits per heavy atom. The van der Waals surface area contributed by atoms with Crippen molar-refractivity contribution >= 4 is 17.6 Å². The van der Waals surface area contributed by atoms with Crippen molar-refractivity contribution < 1.29 is 9.53 Å². The van der Waals surface area contributed by atoms with Crippen LogP contribution in [0.4, 0.5) is 0 Å². The average molecular weight is 187 g/mol. The number of fused-ring (bicyclic) bond motifs is 1.